The number of ketones is 1. The molecule has 0 aromatic rings. The monoisotopic (exact) mass is 206 g/mol. The maximum Gasteiger partial charge on any atom is 0.159 e. The number of allylic oxidation sites excluding steroid dienone is 2. The van der Waals surface area contributed by atoms with E-state index >= 15 is 0 Å². The van der Waals surface area contributed by atoms with E-state index in [-0.39, 0.29) is 17.6 Å². The molecule has 2 saturated carbocycles. The van der Waals surface area contributed by atoms with Gasteiger partial charge in [-0.15, -0.1) is 0 Å². The molecule has 0 radical (unpaired) electrons. The third-order valence-electron chi connectivity index (χ3n) is 3.82. The maximum absolute atomic E-state index is 11.8. The van der Waals surface area contributed by atoms with Gasteiger partial charge in [-0.2, -0.15) is 0 Å². The molecule has 2 unspecified atom stereocenters. The molecular weight excluding hydrogens is 188 g/mol. The van der Waals surface area contributed by atoms with Gasteiger partial charge in [0, 0.05) is 12.3 Å². The Morgan fingerprint density at radius 2 is 2.07 bits per heavy atom. The molecule has 0 amide bonds. The number of hydrogen-bond acceptors (Lipinski definition) is 2. The smallest absolute Gasteiger partial charge is 0.159 e. The largest absolute Gasteiger partial charge is 0.303 e. The Labute approximate surface area is 90.7 Å². The minimum atomic E-state index is 0.000139. The fourth-order valence-corrected chi connectivity index (χ4v) is 2.64. The molecule has 15 heavy (non-hydrogen) atoms. The molecule has 0 saturated heterocycles. The van der Waals surface area contributed by atoms with E-state index in [0.717, 1.165) is 18.3 Å². The molecule has 2 atom stereocenters. The minimum absolute atomic E-state index is 0.000139. The lowest BCUT2D eigenvalue weighted by molar-refractivity contribution is -0.114. The summed E-state index contributed by atoms with van der Waals surface area (Å²) in [5.41, 5.74) is 2.27. The first-order valence-electron chi connectivity index (χ1n) is 5.84. The van der Waals surface area contributed by atoms with Gasteiger partial charge in [0.25, 0.3) is 0 Å². The molecule has 2 aliphatic rings. The molecule has 0 N–H and O–H groups in total. The Balaban J connectivity index is 2.28. The lowest BCUT2D eigenvalue weighted by Gasteiger charge is -2.16. The highest BCUT2D eigenvalue weighted by molar-refractivity contribution is 5.99. The van der Waals surface area contributed by atoms with Crippen molar-refractivity contribution in [2.24, 2.45) is 17.8 Å². The standard InChI is InChI=1S/C13H18O2/c1-8(7-14)11-5-6-12(15)13(11)9(2)10-3-4-10/h7-8,10-11H,3-6H2,1-2H3/b13-9+. The summed E-state index contributed by atoms with van der Waals surface area (Å²) in [5.74, 6) is 1.14. The summed E-state index contributed by atoms with van der Waals surface area (Å²) in [6.07, 6.45) is 4.96. The molecule has 0 bridgehead atoms. The van der Waals surface area contributed by atoms with Crippen LogP contribution in [0.2, 0.25) is 0 Å². The summed E-state index contributed by atoms with van der Waals surface area (Å²) in [5, 5.41) is 0. The van der Waals surface area contributed by atoms with Crippen LogP contribution in [0.3, 0.4) is 0 Å². The van der Waals surface area contributed by atoms with Crippen molar-refractivity contribution < 1.29 is 9.59 Å². The molecule has 2 heteroatoms. The van der Waals surface area contributed by atoms with E-state index in [1.807, 2.05) is 6.92 Å². The van der Waals surface area contributed by atoms with Crippen LogP contribution in [0.25, 0.3) is 0 Å². The average molecular weight is 206 g/mol. The highest BCUT2D eigenvalue weighted by Crippen LogP contribution is 2.43. The van der Waals surface area contributed by atoms with Crippen molar-refractivity contribution in [3.8, 4) is 0 Å². The highest BCUT2D eigenvalue weighted by Gasteiger charge is 2.37. The number of carbonyl (C=O) groups is 2. The molecule has 2 fully saturated rings. The van der Waals surface area contributed by atoms with E-state index in [9.17, 15) is 9.59 Å². The first-order chi connectivity index (χ1) is 7.15. The van der Waals surface area contributed by atoms with Crippen molar-refractivity contribution in [3.63, 3.8) is 0 Å². The third-order valence-corrected chi connectivity index (χ3v) is 3.82. The van der Waals surface area contributed by atoms with Crippen LogP contribution >= 0.6 is 0 Å². The molecule has 82 valence electrons. The Kier molecular flexibility index (Phi) is 2.76. The van der Waals surface area contributed by atoms with Crippen molar-refractivity contribution in [1.29, 1.82) is 0 Å². The van der Waals surface area contributed by atoms with Gasteiger partial charge in [-0.05, 0) is 43.6 Å². The summed E-state index contributed by atoms with van der Waals surface area (Å²) < 4.78 is 0. The van der Waals surface area contributed by atoms with E-state index in [0.29, 0.717) is 12.3 Å². The fourth-order valence-electron chi connectivity index (χ4n) is 2.64. The maximum atomic E-state index is 11.8. The first-order valence-corrected chi connectivity index (χ1v) is 5.84. The van der Waals surface area contributed by atoms with Crippen LogP contribution in [-0.2, 0) is 9.59 Å². The summed E-state index contributed by atoms with van der Waals surface area (Å²) in [6.45, 7) is 4.01. The van der Waals surface area contributed by atoms with Crippen LogP contribution in [0, 0.1) is 17.8 Å². The van der Waals surface area contributed by atoms with E-state index in [2.05, 4.69) is 6.92 Å². The van der Waals surface area contributed by atoms with Gasteiger partial charge in [0.1, 0.15) is 6.29 Å². The second kappa shape index (κ2) is 3.92. The van der Waals surface area contributed by atoms with Gasteiger partial charge in [-0.25, -0.2) is 0 Å². The number of hydrogen-bond donors (Lipinski definition) is 0. The summed E-state index contributed by atoms with van der Waals surface area (Å²) >= 11 is 0. The van der Waals surface area contributed by atoms with Crippen molar-refractivity contribution >= 4 is 12.1 Å². The second-order valence-corrected chi connectivity index (χ2v) is 4.93. The van der Waals surface area contributed by atoms with Gasteiger partial charge >= 0.3 is 0 Å². The van der Waals surface area contributed by atoms with E-state index in [1.54, 1.807) is 0 Å². The van der Waals surface area contributed by atoms with Crippen molar-refractivity contribution in [1.82, 2.24) is 0 Å². The van der Waals surface area contributed by atoms with Crippen LogP contribution in [0.4, 0.5) is 0 Å². The molecule has 0 spiro atoms. The Morgan fingerprint density at radius 1 is 1.40 bits per heavy atom. The number of aldehydes is 1. The summed E-state index contributed by atoms with van der Waals surface area (Å²) in [6, 6.07) is 0. The molecule has 2 nitrogen and oxygen atoms in total. The fraction of sp³-hybridized carbons (Fsp3) is 0.692. The van der Waals surface area contributed by atoms with E-state index in [1.165, 1.54) is 18.4 Å². The lowest BCUT2D eigenvalue weighted by Crippen LogP contribution is -2.14. The predicted octanol–water partition coefficient (Wildman–Crippen LogP) is 2.53. The van der Waals surface area contributed by atoms with Crippen LogP contribution in [0.15, 0.2) is 11.1 Å². The van der Waals surface area contributed by atoms with Crippen LogP contribution in [-0.4, -0.2) is 12.1 Å². The lowest BCUT2D eigenvalue weighted by atomic mass is 9.86. The first kappa shape index (κ1) is 10.6. The molecular formula is C13H18O2. The second-order valence-electron chi connectivity index (χ2n) is 4.93. The Morgan fingerprint density at radius 3 is 2.60 bits per heavy atom. The van der Waals surface area contributed by atoms with E-state index < -0.39 is 0 Å². The SMILES string of the molecule is C/C(=C1\C(=O)CCC1C(C)C=O)C1CC1. The zero-order valence-corrected chi connectivity index (χ0v) is 9.45. The number of Topliss-reactive ketones (excluding diaryl/α,β-unsaturated/α-hetero) is 1. The molecule has 0 heterocycles. The van der Waals surface area contributed by atoms with Gasteiger partial charge in [-0.3, -0.25) is 4.79 Å². The predicted molar refractivity (Wildman–Crippen MR) is 58.4 cm³/mol. The van der Waals surface area contributed by atoms with Crippen LogP contribution in [0.5, 0.6) is 0 Å². The van der Waals surface area contributed by atoms with Gasteiger partial charge in [0.15, 0.2) is 5.78 Å². The Hall–Kier alpha value is -0.920. The summed E-state index contributed by atoms with van der Waals surface area (Å²) in [4.78, 5) is 22.6. The molecule has 0 aromatic heterocycles. The van der Waals surface area contributed by atoms with Crippen LogP contribution < -0.4 is 0 Å². The van der Waals surface area contributed by atoms with Crippen LogP contribution in [0.1, 0.15) is 39.5 Å². The quantitative estimate of drug-likeness (QED) is 0.525. The van der Waals surface area contributed by atoms with Crippen molar-refractivity contribution in [2.45, 2.75) is 39.5 Å². The normalized spacial score (nSPS) is 31.6. The van der Waals surface area contributed by atoms with Gasteiger partial charge in [0.05, 0.1) is 0 Å². The number of carbonyl (C=O) groups excluding carboxylic acids is 2. The number of rotatable bonds is 3. The Bertz CT molecular complexity index is 323. The minimum Gasteiger partial charge on any atom is -0.303 e. The van der Waals surface area contributed by atoms with Gasteiger partial charge < -0.3 is 4.79 Å². The summed E-state index contributed by atoms with van der Waals surface area (Å²) in [7, 11) is 0. The van der Waals surface area contributed by atoms with Crippen molar-refractivity contribution in [3.05, 3.63) is 11.1 Å². The molecule has 0 aromatic carbocycles. The van der Waals surface area contributed by atoms with Gasteiger partial charge in [0.2, 0.25) is 0 Å². The molecule has 0 aliphatic heterocycles. The molecule has 2 rings (SSSR count). The zero-order valence-electron chi connectivity index (χ0n) is 9.45. The zero-order chi connectivity index (χ0) is 11.0. The van der Waals surface area contributed by atoms with E-state index in [4.69, 9.17) is 0 Å². The van der Waals surface area contributed by atoms with Gasteiger partial charge in [-0.1, -0.05) is 12.5 Å². The van der Waals surface area contributed by atoms with Crippen molar-refractivity contribution in [2.75, 3.05) is 0 Å². The average Bonchev–Trinajstić information content (AvgIpc) is 3.00. The topological polar surface area (TPSA) is 34.1 Å². The third kappa shape index (κ3) is 1.90. The molecule has 2 aliphatic carbocycles. The highest BCUT2D eigenvalue weighted by atomic mass is 16.1.